The Kier molecular flexibility index (Phi) is 5.53. The van der Waals surface area contributed by atoms with E-state index in [0.29, 0.717) is 16.8 Å². The van der Waals surface area contributed by atoms with Crippen LogP contribution in [-0.4, -0.2) is 23.5 Å². The Morgan fingerprint density at radius 1 is 0.920 bits per heavy atom. The summed E-state index contributed by atoms with van der Waals surface area (Å²) in [6, 6.07) is 17.3. The summed E-state index contributed by atoms with van der Waals surface area (Å²) in [6.45, 7) is -0.101. The fraction of sp³-hybridized carbons (Fsp3) is 0.105. The van der Waals surface area contributed by atoms with E-state index in [1.165, 1.54) is 11.3 Å². The summed E-state index contributed by atoms with van der Waals surface area (Å²) in [5.41, 5.74) is 3.05. The molecule has 0 N–H and O–H groups in total. The maximum absolute atomic E-state index is 12.3. The third-order valence-corrected chi connectivity index (χ3v) is 4.02. The Balaban J connectivity index is 1.68. The Morgan fingerprint density at radius 2 is 1.52 bits per heavy atom. The topological polar surface area (TPSA) is 65.5 Å². The molecule has 3 rings (SSSR count). The molecule has 1 heterocycles. The lowest BCUT2D eigenvalue weighted by Gasteiger charge is -2.16. The molecular formula is C19H15NO4S. The van der Waals surface area contributed by atoms with Crippen molar-refractivity contribution in [3.05, 3.63) is 88.4 Å². The van der Waals surface area contributed by atoms with Gasteiger partial charge in [-0.1, -0.05) is 36.4 Å². The minimum atomic E-state index is -0.758. The standard InChI is InChI=1S/C19H15NO4S/c21-18(14-7-3-1-4-8-14)23-11-17(16-12-25-13-20-16)24-19(22)15-9-5-2-6-10-15/h1-10,12-13,17H,11H2/t17-/m1/s1. The van der Waals surface area contributed by atoms with Crippen molar-refractivity contribution in [3.8, 4) is 0 Å². The number of benzene rings is 2. The number of carbonyl (C=O) groups excluding carboxylic acids is 2. The van der Waals surface area contributed by atoms with Crippen molar-refractivity contribution in [2.24, 2.45) is 0 Å². The van der Waals surface area contributed by atoms with Crippen molar-refractivity contribution in [3.63, 3.8) is 0 Å². The number of aromatic nitrogens is 1. The van der Waals surface area contributed by atoms with Gasteiger partial charge in [-0.3, -0.25) is 0 Å². The highest BCUT2D eigenvalue weighted by Gasteiger charge is 2.22. The highest BCUT2D eigenvalue weighted by molar-refractivity contribution is 7.07. The van der Waals surface area contributed by atoms with E-state index >= 15 is 0 Å². The largest absolute Gasteiger partial charge is 0.458 e. The fourth-order valence-electron chi connectivity index (χ4n) is 2.14. The SMILES string of the molecule is O=C(OC[C@@H](OC(=O)c1ccccc1)c1cscn1)c1ccccc1. The average Bonchev–Trinajstić information content (AvgIpc) is 3.20. The zero-order valence-electron chi connectivity index (χ0n) is 13.2. The van der Waals surface area contributed by atoms with Crippen molar-refractivity contribution >= 4 is 23.3 Å². The molecule has 1 atom stereocenters. The maximum Gasteiger partial charge on any atom is 0.338 e. The summed E-state index contributed by atoms with van der Waals surface area (Å²) >= 11 is 1.38. The number of thiazole rings is 1. The van der Waals surface area contributed by atoms with Gasteiger partial charge < -0.3 is 9.47 Å². The highest BCUT2D eigenvalue weighted by Crippen LogP contribution is 2.20. The van der Waals surface area contributed by atoms with Crippen LogP contribution < -0.4 is 0 Å². The molecular weight excluding hydrogens is 338 g/mol. The molecule has 2 aromatic carbocycles. The van der Waals surface area contributed by atoms with Crippen molar-refractivity contribution in [2.45, 2.75) is 6.10 Å². The van der Waals surface area contributed by atoms with E-state index < -0.39 is 18.0 Å². The minimum absolute atomic E-state index is 0.101. The highest BCUT2D eigenvalue weighted by atomic mass is 32.1. The molecule has 1 aromatic heterocycles. The Labute approximate surface area is 148 Å². The molecule has 0 spiro atoms. The first-order chi connectivity index (χ1) is 12.2. The summed E-state index contributed by atoms with van der Waals surface area (Å²) in [4.78, 5) is 28.5. The second-order valence-electron chi connectivity index (χ2n) is 5.14. The number of ether oxygens (including phenoxy) is 2. The van der Waals surface area contributed by atoms with Crippen LogP contribution >= 0.6 is 11.3 Å². The van der Waals surface area contributed by atoms with Crippen LogP contribution in [-0.2, 0) is 9.47 Å². The van der Waals surface area contributed by atoms with Gasteiger partial charge in [-0.2, -0.15) is 0 Å². The van der Waals surface area contributed by atoms with Crippen molar-refractivity contribution < 1.29 is 19.1 Å². The normalized spacial score (nSPS) is 11.5. The lowest BCUT2D eigenvalue weighted by atomic mass is 10.2. The lowest BCUT2D eigenvalue weighted by molar-refractivity contribution is -0.00232. The van der Waals surface area contributed by atoms with Crippen LogP contribution in [0.4, 0.5) is 0 Å². The lowest BCUT2D eigenvalue weighted by Crippen LogP contribution is -2.19. The first-order valence-electron chi connectivity index (χ1n) is 7.60. The molecule has 126 valence electrons. The van der Waals surface area contributed by atoms with Gasteiger partial charge in [-0.15, -0.1) is 11.3 Å². The van der Waals surface area contributed by atoms with Crippen LogP contribution in [0.1, 0.15) is 32.5 Å². The first kappa shape index (κ1) is 16.9. The molecule has 6 heteroatoms. The number of nitrogens with zero attached hydrogens (tertiary/aromatic N) is 1. The van der Waals surface area contributed by atoms with E-state index in [4.69, 9.17) is 9.47 Å². The quantitative estimate of drug-likeness (QED) is 0.629. The monoisotopic (exact) mass is 353 g/mol. The van der Waals surface area contributed by atoms with Gasteiger partial charge in [0.2, 0.25) is 0 Å². The molecule has 0 saturated carbocycles. The number of hydrogen-bond donors (Lipinski definition) is 0. The van der Waals surface area contributed by atoms with E-state index in [0.717, 1.165) is 0 Å². The van der Waals surface area contributed by atoms with E-state index in [1.54, 1.807) is 59.4 Å². The Hall–Kier alpha value is -2.99. The number of rotatable bonds is 6. The van der Waals surface area contributed by atoms with Crippen molar-refractivity contribution in [2.75, 3.05) is 6.61 Å². The van der Waals surface area contributed by atoms with Gasteiger partial charge in [-0.05, 0) is 24.3 Å². The summed E-state index contributed by atoms with van der Waals surface area (Å²) in [6.07, 6.45) is -0.758. The molecule has 0 aliphatic carbocycles. The van der Waals surface area contributed by atoms with Crippen LogP contribution in [0.15, 0.2) is 71.6 Å². The zero-order chi connectivity index (χ0) is 17.5. The summed E-state index contributed by atoms with van der Waals surface area (Å²) < 4.78 is 10.8. The van der Waals surface area contributed by atoms with E-state index in [2.05, 4.69) is 4.98 Å². The summed E-state index contributed by atoms with van der Waals surface area (Å²) in [5, 5.41) is 1.76. The minimum Gasteiger partial charge on any atom is -0.458 e. The molecule has 3 aromatic rings. The molecule has 5 nitrogen and oxygen atoms in total. The average molecular weight is 353 g/mol. The third kappa shape index (κ3) is 4.51. The van der Waals surface area contributed by atoms with Crippen LogP contribution in [0.2, 0.25) is 0 Å². The van der Waals surface area contributed by atoms with Gasteiger partial charge >= 0.3 is 11.9 Å². The molecule has 0 unspecified atom stereocenters. The Morgan fingerprint density at radius 3 is 2.08 bits per heavy atom. The molecule has 0 saturated heterocycles. The number of carbonyl (C=O) groups is 2. The smallest absolute Gasteiger partial charge is 0.338 e. The van der Waals surface area contributed by atoms with Gasteiger partial charge in [0.15, 0.2) is 6.10 Å². The molecule has 0 fully saturated rings. The molecule has 25 heavy (non-hydrogen) atoms. The Bertz CT molecular complexity index is 819. The second kappa shape index (κ2) is 8.21. The van der Waals surface area contributed by atoms with Crippen LogP contribution in [0, 0.1) is 0 Å². The second-order valence-corrected chi connectivity index (χ2v) is 5.86. The van der Waals surface area contributed by atoms with E-state index in [1.807, 2.05) is 12.1 Å². The van der Waals surface area contributed by atoms with E-state index in [9.17, 15) is 9.59 Å². The molecule has 0 aliphatic rings. The molecule has 0 aliphatic heterocycles. The molecule has 0 bridgehead atoms. The van der Waals surface area contributed by atoms with Crippen LogP contribution in [0.3, 0.4) is 0 Å². The number of hydrogen-bond acceptors (Lipinski definition) is 6. The van der Waals surface area contributed by atoms with Crippen molar-refractivity contribution in [1.82, 2.24) is 4.98 Å². The first-order valence-corrected chi connectivity index (χ1v) is 8.54. The van der Waals surface area contributed by atoms with Gasteiger partial charge in [0.25, 0.3) is 0 Å². The molecule has 0 amide bonds. The summed E-state index contributed by atoms with van der Waals surface area (Å²) in [7, 11) is 0. The predicted molar refractivity (Wildman–Crippen MR) is 93.4 cm³/mol. The van der Waals surface area contributed by atoms with Gasteiger partial charge in [0.1, 0.15) is 6.61 Å². The van der Waals surface area contributed by atoms with Crippen LogP contribution in [0.25, 0.3) is 0 Å². The predicted octanol–water partition coefficient (Wildman–Crippen LogP) is 3.90. The van der Waals surface area contributed by atoms with Crippen molar-refractivity contribution in [1.29, 1.82) is 0 Å². The van der Waals surface area contributed by atoms with E-state index in [-0.39, 0.29) is 6.61 Å². The maximum atomic E-state index is 12.3. The zero-order valence-corrected chi connectivity index (χ0v) is 14.0. The third-order valence-electron chi connectivity index (χ3n) is 3.42. The summed E-state index contributed by atoms with van der Waals surface area (Å²) in [5.74, 6) is -0.967. The fourth-order valence-corrected chi connectivity index (χ4v) is 2.74. The van der Waals surface area contributed by atoms with Crippen LogP contribution in [0.5, 0.6) is 0 Å². The molecule has 0 radical (unpaired) electrons. The number of esters is 2. The van der Waals surface area contributed by atoms with Gasteiger partial charge in [0.05, 0.1) is 22.3 Å². The van der Waals surface area contributed by atoms with Gasteiger partial charge in [0, 0.05) is 5.38 Å². The van der Waals surface area contributed by atoms with Gasteiger partial charge in [-0.25, -0.2) is 14.6 Å².